The van der Waals surface area contributed by atoms with Crippen LogP contribution in [0.15, 0.2) is 29.3 Å². The van der Waals surface area contributed by atoms with Crippen LogP contribution in [0.4, 0.5) is 0 Å². The molecule has 1 aliphatic heterocycles. The molecule has 2 nitrogen and oxygen atoms in total. The van der Waals surface area contributed by atoms with Crippen molar-refractivity contribution in [2.75, 3.05) is 13.2 Å². The molecule has 0 spiro atoms. The first kappa shape index (κ1) is 15.6. The van der Waals surface area contributed by atoms with Crippen LogP contribution >= 0.6 is 15.9 Å². The molecule has 0 amide bonds. The first-order valence-electron chi connectivity index (χ1n) is 7.24. The quantitative estimate of drug-likeness (QED) is 0.788. The van der Waals surface area contributed by atoms with Crippen LogP contribution < -0.4 is 10.1 Å². The van der Waals surface area contributed by atoms with Gasteiger partial charge in [-0.1, -0.05) is 42.8 Å². The van der Waals surface area contributed by atoms with Crippen molar-refractivity contribution in [1.82, 2.24) is 5.32 Å². The molecule has 1 N–H and O–H groups in total. The van der Waals surface area contributed by atoms with Gasteiger partial charge in [0, 0.05) is 28.9 Å². The number of hydrogen-bond acceptors (Lipinski definition) is 2. The largest absolute Gasteiger partial charge is 0.493 e. The summed E-state index contributed by atoms with van der Waals surface area (Å²) in [5.41, 5.74) is 2.63. The van der Waals surface area contributed by atoms with Gasteiger partial charge in [-0.15, -0.1) is 6.58 Å². The summed E-state index contributed by atoms with van der Waals surface area (Å²) in [6.45, 7) is 12.3. The van der Waals surface area contributed by atoms with Crippen LogP contribution in [0.5, 0.6) is 5.75 Å². The van der Waals surface area contributed by atoms with E-state index in [-0.39, 0.29) is 5.41 Å². The Morgan fingerprint density at radius 2 is 2.25 bits per heavy atom. The minimum absolute atomic E-state index is 0.0325. The predicted molar refractivity (Wildman–Crippen MR) is 88.5 cm³/mol. The normalized spacial score (nSPS) is 16.6. The lowest BCUT2D eigenvalue weighted by atomic mass is 9.82. The molecule has 0 bridgehead atoms. The van der Waals surface area contributed by atoms with E-state index in [9.17, 15) is 0 Å². The third-order valence-electron chi connectivity index (χ3n) is 3.83. The third kappa shape index (κ3) is 3.64. The maximum atomic E-state index is 5.83. The van der Waals surface area contributed by atoms with E-state index in [1.54, 1.807) is 0 Å². The Morgan fingerprint density at radius 3 is 2.90 bits per heavy atom. The highest BCUT2D eigenvalue weighted by Crippen LogP contribution is 2.37. The van der Waals surface area contributed by atoms with Crippen molar-refractivity contribution in [2.24, 2.45) is 5.41 Å². The number of halogens is 1. The monoisotopic (exact) mass is 337 g/mol. The van der Waals surface area contributed by atoms with E-state index in [2.05, 4.69) is 66.8 Å². The summed E-state index contributed by atoms with van der Waals surface area (Å²) in [5.74, 6) is 1.09. The van der Waals surface area contributed by atoms with Gasteiger partial charge in [-0.05, 0) is 29.7 Å². The van der Waals surface area contributed by atoms with Crippen LogP contribution in [0.25, 0.3) is 0 Å². The zero-order valence-corrected chi connectivity index (χ0v) is 14.2. The fourth-order valence-corrected chi connectivity index (χ4v) is 3.11. The number of hydrogen-bond donors (Lipinski definition) is 1. The van der Waals surface area contributed by atoms with E-state index in [0.29, 0.717) is 6.04 Å². The second kappa shape index (κ2) is 6.31. The Balaban J connectivity index is 2.21. The van der Waals surface area contributed by atoms with Gasteiger partial charge in [-0.25, -0.2) is 0 Å². The molecule has 20 heavy (non-hydrogen) atoms. The fraction of sp³-hybridized carbons (Fsp3) is 0.529. The van der Waals surface area contributed by atoms with Crippen LogP contribution in [-0.4, -0.2) is 19.2 Å². The first-order valence-corrected chi connectivity index (χ1v) is 8.04. The van der Waals surface area contributed by atoms with E-state index < -0.39 is 0 Å². The zero-order valence-electron chi connectivity index (χ0n) is 12.6. The van der Waals surface area contributed by atoms with E-state index in [0.717, 1.165) is 36.2 Å². The van der Waals surface area contributed by atoms with Gasteiger partial charge in [0.25, 0.3) is 0 Å². The van der Waals surface area contributed by atoms with Crippen molar-refractivity contribution in [2.45, 2.75) is 39.7 Å². The average molecular weight is 338 g/mol. The minimum atomic E-state index is 0.0325. The van der Waals surface area contributed by atoms with E-state index in [4.69, 9.17) is 4.74 Å². The molecular formula is C17H24BrNO. The number of fused-ring (bicyclic) bond motifs is 1. The molecule has 3 heteroatoms. The molecule has 0 aromatic heterocycles. The molecule has 1 aromatic carbocycles. The Hall–Kier alpha value is -0.800. The Morgan fingerprint density at radius 1 is 1.50 bits per heavy atom. The lowest BCUT2D eigenvalue weighted by molar-refractivity contribution is 0.338. The molecule has 1 aliphatic rings. The highest BCUT2D eigenvalue weighted by molar-refractivity contribution is 9.10. The second-order valence-electron chi connectivity index (χ2n) is 6.22. The molecular weight excluding hydrogens is 314 g/mol. The van der Waals surface area contributed by atoms with Gasteiger partial charge in [0.15, 0.2) is 0 Å². The van der Waals surface area contributed by atoms with Crippen LogP contribution in [0, 0.1) is 5.41 Å². The number of nitrogens with one attached hydrogen (secondary N) is 1. The van der Waals surface area contributed by atoms with Gasteiger partial charge in [0.05, 0.1) is 6.61 Å². The van der Waals surface area contributed by atoms with Gasteiger partial charge in [0.2, 0.25) is 0 Å². The molecule has 0 fully saturated rings. The summed E-state index contributed by atoms with van der Waals surface area (Å²) in [4.78, 5) is 0. The van der Waals surface area contributed by atoms with Gasteiger partial charge in [-0.2, -0.15) is 0 Å². The topological polar surface area (TPSA) is 21.3 Å². The summed E-state index contributed by atoms with van der Waals surface area (Å²) in [5, 5.41) is 3.52. The lowest BCUT2D eigenvalue weighted by Gasteiger charge is -2.28. The molecule has 1 aromatic rings. The molecule has 2 rings (SSSR count). The molecule has 1 unspecified atom stereocenters. The van der Waals surface area contributed by atoms with Gasteiger partial charge >= 0.3 is 0 Å². The summed E-state index contributed by atoms with van der Waals surface area (Å²) in [7, 11) is 0. The molecule has 0 saturated heterocycles. The molecule has 110 valence electrons. The van der Waals surface area contributed by atoms with Crippen LogP contribution in [0.1, 0.15) is 31.9 Å². The highest BCUT2D eigenvalue weighted by atomic mass is 79.9. The maximum Gasteiger partial charge on any atom is 0.125 e. The van der Waals surface area contributed by atoms with Crippen LogP contribution in [0.2, 0.25) is 0 Å². The number of ether oxygens (including phenoxy) is 1. The Bertz CT molecular complexity index is 498. The number of benzene rings is 1. The maximum absolute atomic E-state index is 5.83. The van der Waals surface area contributed by atoms with Crippen molar-refractivity contribution in [3.8, 4) is 5.75 Å². The molecule has 1 atom stereocenters. The minimum Gasteiger partial charge on any atom is -0.493 e. The predicted octanol–water partition coefficient (Wildman–Crippen LogP) is 4.12. The standard InChI is InChI=1S/C17H24BrNO/c1-5-17(4,11-19-12(2)3)10-14-9-15(18)8-13-6-7-20-16(13)14/h5,8-9,12,19H,1,6-7,10-11H2,2-4H3. The van der Waals surface area contributed by atoms with E-state index >= 15 is 0 Å². The first-order chi connectivity index (χ1) is 9.43. The van der Waals surface area contributed by atoms with Gasteiger partial charge in [0.1, 0.15) is 5.75 Å². The van der Waals surface area contributed by atoms with Crippen LogP contribution in [0.3, 0.4) is 0 Å². The van der Waals surface area contributed by atoms with Crippen molar-refractivity contribution >= 4 is 15.9 Å². The van der Waals surface area contributed by atoms with Gasteiger partial charge < -0.3 is 10.1 Å². The van der Waals surface area contributed by atoms with E-state index in [1.165, 1.54) is 11.1 Å². The van der Waals surface area contributed by atoms with Crippen molar-refractivity contribution < 1.29 is 4.74 Å². The zero-order chi connectivity index (χ0) is 14.8. The second-order valence-corrected chi connectivity index (χ2v) is 7.14. The third-order valence-corrected chi connectivity index (χ3v) is 4.28. The van der Waals surface area contributed by atoms with E-state index in [1.807, 2.05) is 0 Å². The average Bonchev–Trinajstić information content (AvgIpc) is 2.84. The van der Waals surface area contributed by atoms with Crippen molar-refractivity contribution in [3.05, 3.63) is 40.4 Å². The smallest absolute Gasteiger partial charge is 0.125 e. The lowest BCUT2D eigenvalue weighted by Crippen LogP contribution is -2.35. The summed E-state index contributed by atoms with van der Waals surface area (Å²) < 4.78 is 6.96. The molecule has 0 radical (unpaired) electrons. The van der Waals surface area contributed by atoms with Gasteiger partial charge in [-0.3, -0.25) is 0 Å². The van der Waals surface area contributed by atoms with Crippen LogP contribution in [-0.2, 0) is 12.8 Å². The molecule has 1 heterocycles. The Kier molecular flexibility index (Phi) is 4.92. The molecule has 0 aliphatic carbocycles. The highest BCUT2D eigenvalue weighted by Gasteiger charge is 2.25. The Labute approximate surface area is 130 Å². The fourth-order valence-electron chi connectivity index (χ4n) is 2.56. The number of rotatable bonds is 6. The summed E-state index contributed by atoms with van der Waals surface area (Å²) >= 11 is 3.61. The summed E-state index contributed by atoms with van der Waals surface area (Å²) in [6, 6.07) is 4.84. The SMILES string of the molecule is C=CC(C)(CNC(C)C)Cc1cc(Br)cc2c1OCC2. The molecule has 0 saturated carbocycles. The summed E-state index contributed by atoms with van der Waals surface area (Å²) in [6.07, 6.45) is 4.01. The van der Waals surface area contributed by atoms with Crippen molar-refractivity contribution in [3.63, 3.8) is 0 Å². The van der Waals surface area contributed by atoms with Crippen molar-refractivity contribution in [1.29, 1.82) is 0 Å².